The number of benzene rings is 8. The van der Waals surface area contributed by atoms with Crippen LogP contribution < -0.4 is 16.0 Å². The Morgan fingerprint density at radius 1 is 0.388 bits per heavy atom. The van der Waals surface area contributed by atoms with Crippen molar-refractivity contribution in [3.8, 4) is 22.5 Å². The van der Waals surface area contributed by atoms with E-state index in [1.807, 2.05) is 0 Å². The SMILES string of the molecule is CC(C)(C)c1ccc(N2c3cc(C(C)(C)C)cc4c3B(c3c2c2cc(C(C)(C)C)ccc2n3-c2ccccc2)n2c3ccc5c6ccccc6n(-c6ccccc6)c5c3c3cccc-4c32)cc1. The van der Waals surface area contributed by atoms with Crippen LogP contribution >= 0.6 is 0 Å². The van der Waals surface area contributed by atoms with Crippen LogP contribution in [0.1, 0.15) is 79.0 Å². The molecule has 8 aromatic carbocycles. The Bertz CT molecular complexity index is 3840. The summed E-state index contributed by atoms with van der Waals surface area (Å²) in [5, 5.41) is 6.37. The van der Waals surface area contributed by atoms with Crippen molar-refractivity contribution in [2.24, 2.45) is 0 Å². The van der Waals surface area contributed by atoms with E-state index in [0.717, 1.165) is 5.69 Å². The summed E-state index contributed by atoms with van der Waals surface area (Å²) in [6.07, 6.45) is 0. The molecule has 11 aromatic rings. The third kappa shape index (κ3) is 5.61. The standard InChI is InChI=1S/C62H55BN4/c1-60(2,3)38-27-30-43(31-28-38)65-53-37-40(62(7,8)9)36-48-45-24-18-25-47-54-52(34-32-46-44-23-16-17-26-50(44)64(57(46)54)41-19-12-10-13-20-41)67(56(45)47)63(55(48)53)59-58(65)49-35-39(61(4,5)6)29-33-51(49)66(59)42-21-14-11-15-22-42/h10-37H,1-9H3. The van der Waals surface area contributed by atoms with Crippen molar-refractivity contribution < 1.29 is 0 Å². The number of rotatable bonds is 3. The van der Waals surface area contributed by atoms with Gasteiger partial charge in [-0.3, -0.25) is 0 Å². The maximum Gasteiger partial charge on any atom is 0.351 e. The molecule has 0 radical (unpaired) electrons. The van der Waals surface area contributed by atoms with Crippen LogP contribution in [0.15, 0.2) is 170 Å². The van der Waals surface area contributed by atoms with E-state index in [0.29, 0.717) is 0 Å². The van der Waals surface area contributed by atoms with Crippen molar-refractivity contribution in [2.45, 2.75) is 78.6 Å². The molecule has 0 spiro atoms. The Morgan fingerprint density at radius 2 is 0.985 bits per heavy atom. The van der Waals surface area contributed by atoms with Gasteiger partial charge in [0.25, 0.3) is 0 Å². The van der Waals surface area contributed by atoms with E-state index in [1.165, 1.54) is 116 Å². The summed E-state index contributed by atoms with van der Waals surface area (Å²) >= 11 is 0. The third-order valence-corrected chi connectivity index (χ3v) is 15.1. The third-order valence-electron chi connectivity index (χ3n) is 15.1. The highest BCUT2D eigenvalue weighted by atomic mass is 15.2. The molecule has 67 heavy (non-hydrogen) atoms. The van der Waals surface area contributed by atoms with Crippen molar-refractivity contribution in [3.63, 3.8) is 0 Å². The summed E-state index contributed by atoms with van der Waals surface area (Å²) in [6.45, 7) is 20.9. The van der Waals surface area contributed by atoms with E-state index in [-0.39, 0.29) is 23.1 Å². The fourth-order valence-electron chi connectivity index (χ4n) is 11.7. The van der Waals surface area contributed by atoms with Crippen molar-refractivity contribution in [3.05, 3.63) is 187 Å². The number of aromatic nitrogens is 3. The molecule has 4 nitrogen and oxygen atoms in total. The van der Waals surface area contributed by atoms with E-state index < -0.39 is 0 Å². The second-order valence-corrected chi connectivity index (χ2v) is 22.2. The van der Waals surface area contributed by atoms with Crippen LogP contribution in [0.25, 0.3) is 77.0 Å². The minimum absolute atomic E-state index is 0.0230. The van der Waals surface area contributed by atoms with Gasteiger partial charge < -0.3 is 18.5 Å². The summed E-state index contributed by atoms with van der Waals surface area (Å²) in [4.78, 5) is 2.64. The fourth-order valence-corrected chi connectivity index (χ4v) is 11.7. The first-order valence-corrected chi connectivity index (χ1v) is 24.1. The van der Waals surface area contributed by atoms with Gasteiger partial charge in [-0.2, -0.15) is 0 Å². The molecular weight excluding hydrogens is 812 g/mol. The van der Waals surface area contributed by atoms with Crippen LogP contribution in [0.4, 0.5) is 17.1 Å². The van der Waals surface area contributed by atoms with E-state index in [1.54, 1.807) is 0 Å². The second-order valence-electron chi connectivity index (χ2n) is 22.2. The van der Waals surface area contributed by atoms with E-state index in [4.69, 9.17) is 0 Å². The van der Waals surface area contributed by atoms with Gasteiger partial charge in [-0.25, -0.2) is 0 Å². The lowest BCUT2D eigenvalue weighted by molar-refractivity contribution is 0.590. The number of fused-ring (bicyclic) bond motifs is 13. The molecule has 2 aliphatic rings. The molecule has 0 atom stereocenters. The second kappa shape index (κ2) is 13.7. The molecule has 0 unspecified atom stereocenters. The highest BCUT2D eigenvalue weighted by Gasteiger charge is 2.47. The molecule has 13 rings (SSSR count). The highest BCUT2D eigenvalue weighted by Crippen LogP contribution is 2.51. The Labute approximate surface area is 393 Å². The highest BCUT2D eigenvalue weighted by molar-refractivity contribution is 6.90. The van der Waals surface area contributed by atoms with Crippen molar-refractivity contribution >= 4 is 89.5 Å². The van der Waals surface area contributed by atoms with Crippen LogP contribution in [0.2, 0.25) is 0 Å². The monoisotopic (exact) mass is 866 g/mol. The van der Waals surface area contributed by atoms with Crippen LogP contribution in [0, 0.1) is 0 Å². The molecule has 326 valence electrons. The molecule has 3 aromatic heterocycles. The predicted octanol–water partition coefficient (Wildman–Crippen LogP) is 15.1. The van der Waals surface area contributed by atoms with Gasteiger partial charge in [0.05, 0.1) is 22.2 Å². The van der Waals surface area contributed by atoms with E-state index in [2.05, 4.69) is 251 Å². The molecule has 0 aliphatic carbocycles. The minimum Gasteiger partial charge on any atom is -0.374 e. The molecule has 0 amide bonds. The fraction of sp³-hybridized carbons (Fsp3) is 0.194. The van der Waals surface area contributed by atoms with Gasteiger partial charge in [0.15, 0.2) is 0 Å². The Balaban J connectivity index is 1.26. The van der Waals surface area contributed by atoms with Gasteiger partial charge in [0.1, 0.15) is 0 Å². The van der Waals surface area contributed by atoms with Crippen LogP contribution in [-0.2, 0) is 16.2 Å². The largest absolute Gasteiger partial charge is 0.374 e. The molecule has 0 bridgehead atoms. The molecule has 0 N–H and O–H groups in total. The number of nitrogens with zero attached hydrogens (tertiary/aromatic N) is 4. The zero-order chi connectivity index (χ0) is 45.9. The normalized spacial score (nSPS) is 13.7. The number of para-hydroxylation sites is 4. The first kappa shape index (κ1) is 40.1. The predicted molar refractivity (Wildman–Crippen MR) is 287 cm³/mol. The zero-order valence-electron chi connectivity index (χ0n) is 40.0. The topological polar surface area (TPSA) is 18.0 Å². The summed E-state index contributed by atoms with van der Waals surface area (Å²) in [5.41, 5.74) is 21.3. The Hall–Kier alpha value is -7.24. The lowest BCUT2D eigenvalue weighted by Crippen LogP contribution is -2.58. The molecule has 5 heterocycles. The molecule has 5 heteroatoms. The van der Waals surface area contributed by atoms with E-state index in [9.17, 15) is 0 Å². The van der Waals surface area contributed by atoms with Gasteiger partial charge in [-0.05, 0) is 111 Å². The molecule has 0 saturated carbocycles. The van der Waals surface area contributed by atoms with Gasteiger partial charge in [-0.15, -0.1) is 0 Å². The molecular formula is C62H55BN4. The first-order valence-electron chi connectivity index (χ1n) is 24.1. The van der Waals surface area contributed by atoms with Crippen LogP contribution in [0.5, 0.6) is 0 Å². The van der Waals surface area contributed by atoms with Crippen LogP contribution in [-0.4, -0.2) is 20.5 Å². The minimum atomic E-state index is -0.160. The number of anilines is 3. The zero-order valence-corrected chi connectivity index (χ0v) is 40.0. The van der Waals surface area contributed by atoms with Gasteiger partial charge >= 0.3 is 6.85 Å². The average Bonchev–Trinajstić information content (AvgIpc) is 3.96. The van der Waals surface area contributed by atoms with E-state index >= 15 is 0 Å². The summed E-state index contributed by atoms with van der Waals surface area (Å²) < 4.78 is 7.87. The molecule has 0 fully saturated rings. The van der Waals surface area contributed by atoms with Gasteiger partial charge in [0, 0.05) is 71.9 Å². The lowest BCUT2D eigenvalue weighted by atomic mass is 9.46. The maximum atomic E-state index is 2.75. The number of hydrogen-bond donors (Lipinski definition) is 0. The summed E-state index contributed by atoms with van der Waals surface area (Å²) in [5.74, 6) is 0. The summed E-state index contributed by atoms with van der Waals surface area (Å²) in [7, 11) is 0. The average molecular weight is 867 g/mol. The molecule has 2 aliphatic heterocycles. The number of hydrogen-bond acceptors (Lipinski definition) is 1. The smallest absolute Gasteiger partial charge is 0.351 e. The van der Waals surface area contributed by atoms with Gasteiger partial charge in [0.2, 0.25) is 0 Å². The van der Waals surface area contributed by atoms with Gasteiger partial charge in [-0.1, -0.05) is 165 Å². The lowest BCUT2D eigenvalue weighted by Gasteiger charge is -2.41. The Kier molecular flexibility index (Phi) is 8.18. The van der Waals surface area contributed by atoms with Crippen LogP contribution in [0.3, 0.4) is 0 Å². The quantitative estimate of drug-likeness (QED) is 0.162. The first-order chi connectivity index (χ1) is 32.2. The Morgan fingerprint density at radius 3 is 1.67 bits per heavy atom. The van der Waals surface area contributed by atoms with Crippen molar-refractivity contribution in [1.29, 1.82) is 0 Å². The van der Waals surface area contributed by atoms with Crippen molar-refractivity contribution in [1.82, 2.24) is 13.6 Å². The maximum absolute atomic E-state index is 2.75. The molecule has 0 saturated heterocycles. The van der Waals surface area contributed by atoms with Crippen molar-refractivity contribution in [2.75, 3.05) is 4.90 Å². The summed E-state index contributed by atoms with van der Waals surface area (Å²) in [6, 6.07) is 64.7.